The van der Waals surface area contributed by atoms with Crippen molar-refractivity contribution in [3.8, 4) is 0 Å². The van der Waals surface area contributed by atoms with Crippen molar-refractivity contribution >= 4 is 5.69 Å². The van der Waals surface area contributed by atoms with Gasteiger partial charge < -0.3 is 15.1 Å². The Morgan fingerprint density at radius 3 is 2.81 bits per heavy atom. The van der Waals surface area contributed by atoms with Gasteiger partial charge in [-0.1, -0.05) is 18.2 Å². The van der Waals surface area contributed by atoms with Gasteiger partial charge in [0.25, 0.3) is 0 Å². The molecule has 0 aliphatic carbocycles. The van der Waals surface area contributed by atoms with E-state index in [2.05, 4.69) is 46.3 Å². The molecule has 0 aromatic heterocycles. The van der Waals surface area contributed by atoms with E-state index < -0.39 is 0 Å². The standard InChI is InChI=1S/C18H29N3/c1-16-6-2-3-8-18(16)21-11-5-10-20(12-13-21)15-17-7-4-9-19-14-17/h2-3,6,8,17,19H,4-5,7,9-15H2,1H3/t17-/m1/s1. The molecule has 2 heterocycles. The maximum Gasteiger partial charge on any atom is 0.0396 e. The molecule has 1 aromatic carbocycles. The molecule has 0 spiro atoms. The zero-order valence-electron chi connectivity index (χ0n) is 13.4. The molecule has 1 atom stereocenters. The number of piperidine rings is 1. The van der Waals surface area contributed by atoms with Gasteiger partial charge in [-0.2, -0.15) is 0 Å². The van der Waals surface area contributed by atoms with Crippen LogP contribution in [0.25, 0.3) is 0 Å². The smallest absolute Gasteiger partial charge is 0.0396 e. The van der Waals surface area contributed by atoms with Crippen molar-refractivity contribution in [2.45, 2.75) is 26.2 Å². The van der Waals surface area contributed by atoms with Crippen LogP contribution >= 0.6 is 0 Å². The monoisotopic (exact) mass is 287 g/mol. The summed E-state index contributed by atoms with van der Waals surface area (Å²) in [6.07, 6.45) is 4.05. The van der Waals surface area contributed by atoms with Crippen LogP contribution in [0.1, 0.15) is 24.8 Å². The van der Waals surface area contributed by atoms with Gasteiger partial charge in [0.2, 0.25) is 0 Å². The van der Waals surface area contributed by atoms with Gasteiger partial charge in [-0.15, -0.1) is 0 Å². The molecule has 3 heteroatoms. The Morgan fingerprint density at radius 1 is 1.10 bits per heavy atom. The summed E-state index contributed by atoms with van der Waals surface area (Å²) in [6.45, 7) is 10.8. The summed E-state index contributed by atoms with van der Waals surface area (Å²) in [5, 5.41) is 3.55. The number of hydrogen-bond acceptors (Lipinski definition) is 3. The van der Waals surface area contributed by atoms with Gasteiger partial charge in [-0.25, -0.2) is 0 Å². The van der Waals surface area contributed by atoms with Crippen LogP contribution in [-0.4, -0.2) is 50.7 Å². The zero-order chi connectivity index (χ0) is 14.5. The molecule has 2 saturated heterocycles. The first-order valence-corrected chi connectivity index (χ1v) is 8.56. The maximum atomic E-state index is 3.55. The van der Waals surface area contributed by atoms with Crippen molar-refractivity contribution in [1.82, 2.24) is 10.2 Å². The molecule has 116 valence electrons. The third-order valence-corrected chi connectivity index (χ3v) is 4.96. The van der Waals surface area contributed by atoms with Crippen LogP contribution in [0, 0.1) is 12.8 Å². The Kier molecular flexibility index (Phi) is 5.15. The van der Waals surface area contributed by atoms with E-state index in [9.17, 15) is 0 Å². The Balaban J connectivity index is 1.55. The highest BCUT2D eigenvalue weighted by atomic mass is 15.2. The molecule has 1 N–H and O–H groups in total. The summed E-state index contributed by atoms with van der Waals surface area (Å²) in [5.41, 5.74) is 2.83. The van der Waals surface area contributed by atoms with Crippen LogP contribution in [0.4, 0.5) is 5.69 Å². The molecule has 2 aliphatic heterocycles. The molecule has 21 heavy (non-hydrogen) atoms. The number of rotatable bonds is 3. The summed E-state index contributed by atoms with van der Waals surface area (Å²) < 4.78 is 0. The van der Waals surface area contributed by atoms with Gasteiger partial charge in [-0.3, -0.25) is 0 Å². The lowest BCUT2D eigenvalue weighted by atomic mass is 9.99. The lowest BCUT2D eigenvalue weighted by Crippen LogP contribution is -2.39. The first-order chi connectivity index (χ1) is 10.3. The van der Waals surface area contributed by atoms with Crippen LogP contribution in [0.3, 0.4) is 0 Å². The van der Waals surface area contributed by atoms with Crippen molar-refractivity contribution in [2.24, 2.45) is 5.92 Å². The summed E-state index contributed by atoms with van der Waals surface area (Å²) in [6, 6.07) is 8.81. The van der Waals surface area contributed by atoms with Gasteiger partial charge in [0.15, 0.2) is 0 Å². The minimum atomic E-state index is 0.865. The summed E-state index contributed by atoms with van der Waals surface area (Å²) in [7, 11) is 0. The molecule has 0 radical (unpaired) electrons. The van der Waals surface area contributed by atoms with Crippen molar-refractivity contribution < 1.29 is 0 Å². The number of anilines is 1. The largest absolute Gasteiger partial charge is 0.370 e. The van der Waals surface area contributed by atoms with Gasteiger partial charge in [0.05, 0.1) is 0 Å². The fraction of sp³-hybridized carbons (Fsp3) is 0.667. The number of nitrogens with zero attached hydrogens (tertiary/aromatic N) is 2. The molecule has 0 amide bonds. The van der Waals surface area contributed by atoms with Crippen molar-refractivity contribution in [3.63, 3.8) is 0 Å². The number of aryl methyl sites for hydroxylation is 1. The van der Waals surface area contributed by atoms with Crippen molar-refractivity contribution in [3.05, 3.63) is 29.8 Å². The first-order valence-electron chi connectivity index (χ1n) is 8.56. The van der Waals surface area contributed by atoms with Crippen LogP contribution in [0.5, 0.6) is 0 Å². The van der Waals surface area contributed by atoms with Crippen molar-refractivity contribution in [2.75, 3.05) is 50.7 Å². The second-order valence-corrected chi connectivity index (χ2v) is 6.64. The van der Waals surface area contributed by atoms with Gasteiger partial charge >= 0.3 is 0 Å². The van der Waals surface area contributed by atoms with Gasteiger partial charge in [0, 0.05) is 31.9 Å². The third-order valence-electron chi connectivity index (χ3n) is 4.96. The van der Waals surface area contributed by atoms with E-state index in [1.54, 1.807) is 0 Å². The minimum absolute atomic E-state index is 0.865. The highest BCUT2D eigenvalue weighted by Crippen LogP contribution is 2.21. The second-order valence-electron chi connectivity index (χ2n) is 6.64. The SMILES string of the molecule is Cc1ccccc1N1CCCN(C[C@@H]2CCCNC2)CC1. The average Bonchev–Trinajstić information content (AvgIpc) is 2.74. The van der Waals surface area contributed by atoms with Crippen LogP contribution < -0.4 is 10.2 Å². The molecular formula is C18H29N3. The van der Waals surface area contributed by atoms with Crippen LogP contribution in [-0.2, 0) is 0 Å². The Morgan fingerprint density at radius 2 is 2.00 bits per heavy atom. The number of para-hydroxylation sites is 1. The fourth-order valence-electron chi connectivity index (χ4n) is 3.76. The van der Waals surface area contributed by atoms with Gasteiger partial charge in [0.1, 0.15) is 0 Å². The number of hydrogen-bond donors (Lipinski definition) is 1. The molecule has 0 saturated carbocycles. The first kappa shape index (κ1) is 14.9. The molecule has 2 aliphatic rings. The predicted octanol–water partition coefficient (Wildman–Crippen LogP) is 2.51. The quantitative estimate of drug-likeness (QED) is 0.921. The van der Waals surface area contributed by atoms with E-state index in [4.69, 9.17) is 0 Å². The Bertz CT molecular complexity index is 440. The van der Waals surface area contributed by atoms with Crippen LogP contribution in [0.15, 0.2) is 24.3 Å². The minimum Gasteiger partial charge on any atom is -0.370 e. The Hall–Kier alpha value is -1.06. The molecule has 0 bridgehead atoms. The molecule has 3 rings (SSSR count). The predicted molar refractivity (Wildman–Crippen MR) is 90.0 cm³/mol. The molecule has 1 aromatic rings. The zero-order valence-corrected chi connectivity index (χ0v) is 13.4. The molecule has 0 unspecified atom stereocenters. The summed E-state index contributed by atoms with van der Waals surface area (Å²) >= 11 is 0. The number of nitrogens with one attached hydrogen (secondary N) is 1. The highest BCUT2D eigenvalue weighted by Gasteiger charge is 2.20. The lowest BCUT2D eigenvalue weighted by Gasteiger charge is -2.29. The van der Waals surface area contributed by atoms with Crippen molar-refractivity contribution in [1.29, 1.82) is 0 Å². The lowest BCUT2D eigenvalue weighted by molar-refractivity contribution is 0.219. The van der Waals surface area contributed by atoms with E-state index in [0.29, 0.717) is 0 Å². The maximum absolute atomic E-state index is 3.55. The van der Waals surface area contributed by atoms with E-state index in [0.717, 1.165) is 5.92 Å². The Labute approximate surface area is 129 Å². The van der Waals surface area contributed by atoms with Gasteiger partial charge in [-0.05, 0) is 63.4 Å². The van der Waals surface area contributed by atoms with E-state index in [1.807, 2.05) is 0 Å². The normalized spacial score (nSPS) is 24.8. The highest BCUT2D eigenvalue weighted by molar-refractivity contribution is 5.53. The number of benzene rings is 1. The molecule has 2 fully saturated rings. The summed E-state index contributed by atoms with van der Waals surface area (Å²) in [4.78, 5) is 5.27. The average molecular weight is 287 g/mol. The van der Waals surface area contributed by atoms with Crippen LogP contribution in [0.2, 0.25) is 0 Å². The fourth-order valence-corrected chi connectivity index (χ4v) is 3.76. The van der Waals surface area contributed by atoms with E-state index >= 15 is 0 Å². The molecular weight excluding hydrogens is 258 g/mol. The third kappa shape index (κ3) is 3.98. The topological polar surface area (TPSA) is 18.5 Å². The summed E-state index contributed by atoms with van der Waals surface area (Å²) in [5.74, 6) is 0.865. The van der Waals surface area contributed by atoms with E-state index in [1.165, 1.54) is 76.3 Å². The second kappa shape index (κ2) is 7.28. The van der Waals surface area contributed by atoms with E-state index in [-0.39, 0.29) is 0 Å². The molecule has 3 nitrogen and oxygen atoms in total.